The smallest absolute Gasteiger partial charge is 0.412 e. The first kappa shape index (κ1) is 24.3. The largest absolute Gasteiger partial charge is 0.491 e. The number of carboxylic acids is 1. The normalized spacial score (nSPS) is 12.5. The summed E-state index contributed by atoms with van der Waals surface area (Å²) in [6.45, 7) is -0.0724. The lowest BCUT2D eigenvalue weighted by Gasteiger charge is -2.26. The Bertz CT molecular complexity index is 1090. The van der Waals surface area contributed by atoms with Gasteiger partial charge in [-0.25, -0.2) is 9.59 Å². The van der Waals surface area contributed by atoms with Crippen LogP contribution in [0.15, 0.2) is 97.1 Å². The van der Waals surface area contributed by atoms with Crippen molar-refractivity contribution in [2.75, 3.05) is 18.5 Å². The molecule has 34 heavy (non-hydrogen) atoms. The highest BCUT2D eigenvalue weighted by atomic mass is 16.6. The molecule has 0 aliphatic rings. The van der Waals surface area contributed by atoms with Crippen LogP contribution in [0, 0.1) is 0 Å². The third-order valence-electron chi connectivity index (χ3n) is 4.54. The van der Waals surface area contributed by atoms with Crippen LogP contribution in [0.3, 0.4) is 0 Å². The predicted molar refractivity (Wildman–Crippen MR) is 126 cm³/mol. The lowest BCUT2D eigenvalue weighted by Crippen LogP contribution is -2.29. The number of amides is 1. The first-order valence-electron chi connectivity index (χ1n) is 10.5. The summed E-state index contributed by atoms with van der Waals surface area (Å²) >= 11 is 0. The molecule has 3 aromatic carbocycles. The number of ether oxygens (including phenoxy) is 3. The van der Waals surface area contributed by atoms with Gasteiger partial charge in [-0.2, -0.15) is 0 Å². The molecule has 0 aromatic heterocycles. The lowest BCUT2D eigenvalue weighted by molar-refractivity contribution is -0.131. The Kier molecular flexibility index (Phi) is 9.07. The molecule has 0 radical (unpaired) electrons. The first-order valence-corrected chi connectivity index (χ1v) is 10.5. The molecule has 8 nitrogen and oxygen atoms in total. The van der Waals surface area contributed by atoms with Crippen LogP contribution in [-0.2, 0) is 9.53 Å². The third kappa shape index (κ3) is 7.68. The van der Waals surface area contributed by atoms with Crippen LogP contribution in [0.5, 0.6) is 11.5 Å². The molecular weight excluding hydrogens is 438 g/mol. The zero-order chi connectivity index (χ0) is 24.2. The topological polar surface area (TPSA) is 114 Å². The molecule has 0 unspecified atom stereocenters. The Morgan fingerprint density at radius 2 is 1.59 bits per heavy atom. The van der Waals surface area contributed by atoms with Crippen molar-refractivity contribution < 1.29 is 34.0 Å². The SMILES string of the molecule is O=C(O)/C=C/[C@@H](Oc1ccccc1)[C@H](OC(=O)Nc1ccccc1)c1cccc(OCCO)c1. The Hall–Kier alpha value is -4.30. The van der Waals surface area contributed by atoms with Crippen LogP contribution in [0.2, 0.25) is 0 Å². The van der Waals surface area contributed by atoms with Gasteiger partial charge >= 0.3 is 12.1 Å². The number of carbonyl (C=O) groups excluding carboxylic acids is 1. The van der Waals surface area contributed by atoms with E-state index in [0.717, 1.165) is 6.08 Å². The van der Waals surface area contributed by atoms with Crippen molar-refractivity contribution in [1.29, 1.82) is 0 Å². The molecule has 0 aliphatic carbocycles. The highest BCUT2D eigenvalue weighted by molar-refractivity contribution is 5.84. The second-order valence-corrected chi connectivity index (χ2v) is 7.05. The molecule has 2 atom stereocenters. The molecule has 0 heterocycles. The molecule has 0 spiro atoms. The zero-order valence-electron chi connectivity index (χ0n) is 18.2. The Balaban J connectivity index is 1.94. The van der Waals surface area contributed by atoms with Crippen molar-refractivity contribution in [3.63, 3.8) is 0 Å². The Morgan fingerprint density at radius 1 is 0.912 bits per heavy atom. The van der Waals surface area contributed by atoms with Gasteiger partial charge in [-0.1, -0.05) is 48.5 Å². The van der Waals surface area contributed by atoms with E-state index in [1.54, 1.807) is 72.8 Å². The minimum Gasteiger partial charge on any atom is -0.491 e. The van der Waals surface area contributed by atoms with Crippen LogP contribution < -0.4 is 14.8 Å². The van der Waals surface area contributed by atoms with E-state index in [1.807, 2.05) is 12.1 Å². The van der Waals surface area contributed by atoms with Gasteiger partial charge in [0.15, 0.2) is 12.2 Å². The molecule has 0 saturated carbocycles. The number of para-hydroxylation sites is 2. The van der Waals surface area contributed by atoms with Crippen LogP contribution in [0.25, 0.3) is 0 Å². The van der Waals surface area contributed by atoms with Crippen molar-refractivity contribution in [3.05, 3.63) is 103 Å². The molecule has 0 bridgehead atoms. The van der Waals surface area contributed by atoms with E-state index in [9.17, 15) is 14.7 Å². The highest BCUT2D eigenvalue weighted by Gasteiger charge is 2.28. The number of carbonyl (C=O) groups is 2. The first-order chi connectivity index (χ1) is 16.5. The quantitative estimate of drug-likeness (QED) is 0.360. The molecule has 3 N–H and O–H groups in total. The number of aliphatic carboxylic acids is 1. The molecular formula is C26H25NO7. The summed E-state index contributed by atoms with van der Waals surface area (Å²) in [6.07, 6.45) is -0.504. The van der Waals surface area contributed by atoms with Gasteiger partial charge in [0.05, 0.1) is 6.61 Å². The number of aliphatic hydroxyl groups excluding tert-OH is 1. The van der Waals surface area contributed by atoms with Gasteiger partial charge in [0, 0.05) is 17.3 Å². The maximum absolute atomic E-state index is 12.8. The van der Waals surface area contributed by atoms with Gasteiger partial charge in [-0.15, -0.1) is 0 Å². The van der Waals surface area contributed by atoms with E-state index < -0.39 is 24.3 Å². The Morgan fingerprint density at radius 3 is 2.26 bits per heavy atom. The minimum atomic E-state index is -1.17. The van der Waals surface area contributed by atoms with Crippen molar-refractivity contribution in [2.45, 2.75) is 12.2 Å². The van der Waals surface area contributed by atoms with E-state index in [1.165, 1.54) is 6.08 Å². The Labute approximate surface area is 197 Å². The summed E-state index contributed by atoms with van der Waals surface area (Å²) < 4.78 is 17.2. The number of rotatable bonds is 11. The van der Waals surface area contributed by atoms with Crippen LogP contribution in [-0.4, -0.2) is 41.6 Å². The maximum Gasteiger partial charge on any atom is 0.412 e. The van der Waals surface area contributed by atoms with E-state index >= 15 is 0 Å². The van der Waals surface area contributed by atoms with Gasteiger partial charge in [0.25, 0.3) is 0 Å². The van der Waals surface area contributed by atoms with Gasteiger partial charge < -0.3 is 24.4 Å². The summed E-state index contributed by atoms with van der Waals surface area (Å²) in [5, 5.41) is 20.9. The number of hydrogen-bond acceptors (Lipinski definition) is 6. The van der Waals surface area contributed by atoms with E-state index in [2.05, 4.69) is 5.32 Å². The summed E-state index contributed by atoms with van der Waals surface area (Å²) in [4.78, 5) is 24.0. The standard InChI is InChI=1S/C26H25NO7/c28-16-17-32-22-13-7-8-19(18-22)25(34-26(31)27-20-9-3-1-4-10-20)23(14-15-24(29)30)33-21-11-5-2-6-12-21/h1-15,18,23,25,28H,16-17H2,(H,27,31)(H,29,30)/b15-14+/t23-,25-/m1/s1. The average molecular weight is 463 g/mol. The monoisotopic (exact) mass is 463 g/mol. The highest BCUT2D eigenvalue weighted by Crippen LogP contribution is 2.29. The second-order valence-electron chi connectivity index (χ2n) is 7.05. The number of nitrogens with one attached hydrogen (secondary N) is 1. The zero-order valence-corrected chi connectivity index (χ0v) is 18.2. The number of hydrogen-bond donors (Lipinski definition) is 3. The van der Waals surface area contributed by atoms with Crippen molar-refractivity contribution in [2.24, 2.45) is 0 Å². The molecule has 1 amide bonds. The van der Waals surface area contributed by atoms with E-state index in [4.69, 9.17) is 19.3 Å². The predicted octanol–water partition coefficient (Wildman–Crippen LogP) is 4.44. The van der Waals surface area contributed by atoms with Gasteiger partial charge in [0.1, 0.15) is 18.1 Å². The average Bonchev–Trinajstić information content (AvgIpc) is 2.85. The molecule has 176 valence electrons. The summed E-state index contributed by atoms with van der Waals surface area (Å²) in [5.74, 6) is -0.259. The maximum atomic E-state index is 12.8. The van der Waals surface area contributed by atoms with E-state index in [-0.39, 0.29) is 13.2 Å². The second kappa shape index (κ2) is 12.7. The fourth-order valence-electron chi connectivity index (χ4n) is 3.09. The summed E-state index contributed by atoms with van der Waals surface area (Å²) in [5.41, 5.74) is 1.04. The van der Waals surface area contributed by atoms with Crippen molar-refractivity contribution in [3.8, 4) is 11.5 Å². The number of carboxylic acid groups (broad SMARTS) is 1. The van der Waals surface area contributed by atoms with Crippen LogP contribution in [0.1, 0.15) is 11.7 Å². The molecule has 3 rings (SSSR count). The van der Waals surface area contributed by atoms with Gasteiger partial charge in [-0.3, -0.25) is 5.32 Å². The number of anilines is 1. The summed E-state index contributed by atoms with van der Waals surface area (Å²) in [7, 11) is 0. The fraction of sp³-hybridized carbons (Fsp3) is 0.154. The number of aliphatic hydroxyl groups is 1. The molecule has 3 aromatic rings. The number of benzene rings is 3. The fourth-order valence-corrected chi connectivity index (χ4v) is 3.09. The van der Waals surface area contributed by atoms with Crippen molar-refractivity contribution in [1.82, 2.24) is 0 Å². The van der Waals surface area contributed by atoms with Crippen LogP contribution in [0.4, 0.5) is 10.5 Å². The molecule has 0 aliphatic heterocycles. The molecule has 0 saturated heterocycles. The minimum absolute atomic E-state index is 0.0896. The lowest BCUT2D eigenvalue weighted by atomic mass is 10.0. The third-order valence-corrected chi connectivity index (χ3v) is 4.54. The summed E-state index contributed by atoms with van der Waals surface area (Å²) in [6, 6.07) is 24.3. The molecule has 0 fully saturated rings. The van der Waals surface area contributed by atoms with Gasteiger partial charge in [-0.05, 0) is 42.5 Å². The van der Waals surface area contributed by atoms with Gasteiger partial charge in [0.2, 0.25) is 0 Å². The van der Waals surface area contributed by atoms with E-state index in [0.29, 0.717) is 22.7 Å². The van der Waals surface area contributed by atoms with Crippen LogP contribution >= 0.6 is 0 Å². The van der Waals surface area contributed by atoms with Crippen molar-refractivity contribution >= 4 is 17.7 Å². The molecule has 8 heteroatoms.